The van der Waals surface area contributed by atoms with Crippen LogP contribution in [0.2, 0.25) is 0 Å². The van der Waals surface area contributed by atoms with Crippen LogP contribution in [0, 0.1) is 0 Å². The summed E-state index contributed by atoms with van der Waals surface area (Å²) in [6, 6.07) is 1.43. The van der Waals surface area contributed by atoms with Crippen LogP contribution in [0.3, 0.4) is 0 Å². The van der Waals surface area contributed by atoms with Gasteiger partial charge < -0.3 is 26.4 Å². The van der Waals surface area contributed by atoms with E-state index in [1.807, 2.05) is 19.9 Å². The summed E-state index contributed by atoms with van der Waals surface area (Å²) in [4.78, 5) is 26.6. The minimum atomic E-state index is -0.289. The molecular formula is C19H31N7O3. The molecule has 10 nitrogen and oxygen atoms in total. The first-order chi connectivity index (χ1) is 13.9. The molecule has 1 fully saturated rings. The molecule has 1 atom stereocenters. The van der Waals surface area contributed by atoms with Crippen molar-refractivity contribution in [1.29, 1.82) is 0 Å². The fourth-order valence-corrected chi connectivity index (χ4v) is 2.98. The van der Waals surface area contributed by atoms with Crippen molar-refractivity contribution >= 4 is 23.2 Å². The number of urea groups is 1. The third kappa shape index (κ3) is 6.14. The third-order valence-electron chi connectivity index (χ3n) is 4.63. The van der Waals surface area contributed by atoms with Crippen molar-refractivity contribution in [2.75, 3.05) is 58.6 Å². The maximum atomic E-state index is 12.4. The van der Waals surface area contributed by atoms with Crippen molar-refractivity contribution in [3.05, 3.63) is 29.1 Å². The molecule has 0 spiro atoms. The molecule has 5 N–H and O–H groups in total. The number of anilines is 2. The number of nitrogen functional groups attached to an aromatic ring is 1. The molecule has 1 aromatic heterocycles. The van der Waals surface area contributed by atoms with Crippen LogP contribution in [0.15, 0.2) is 28.5 Å². The molecule has 0 unspecified atom stereocenters. The van der Waals surface area contributed by atoms with Crippen molar-refractivity contribution in [1.82, 2.24) is 20.7 Å². The van der Waals surface area contributed by atoms with E-state index in [4.69, 9.17) is 15.3 Å². The molecule has 0 saturated carbocycles. The second kappa shape index (κ2) is 10.7. The maximum Gasteiger partial charge on any atom is 0.319 e. The second-order valence-electron chi connectivity index (χ2n) is 6.71. The summed E-state index contributed by atoms with van der Waals surface area (Å²) in [6.07, 6.45) is 1.70. The van der Waals surface area contributed by atoms with Crippen molar-refractivity contribution in [2.24, 2.45) is 4.99 Å². The number of pyridine rings is 1. The van der Waals surface area contributed by atoms with E-state index in [1.54, 1.807) is 32.5 Å². The summed E-state index contributed by atoms with van der Waals surface area (Å²) < 4.78 is 5.03. The lowest BCUT2D eigenvalue weighted by atomic mass is 10.0. The molecule has 10 heteroatoms. The van der Waals surface area contributed by atoms with E-state index < -0.39 is 0 Å². The Morgan fingerprint density at radius 1 is 1.48 bits per heavy atom. The predicted molar refractivity (Wildman–Crippen MR) is 114 cm³/mol. The number of rotatable bonds is 8. The van der Waals surface area contributed by atoms with Crippen molar-refractivity contribution < 1.29 is 14.4 Å². The van der Waals surface area contributed by atoms with Gasteiger partial charge in [0.15, 0.2) is 0 Å². The minimum Gasteiger partial charge on any atom is -0.396 e. The number of hydroxylamine groups is 2. The number of nitrogens with two attached hydrogens (primary N) is 1. The molecule has 29 heavy (non-hydrogen) atoms. The highest BCUT2D eigenvalue weighted by Gasteiger charge is 2.25. The molecule has 2 amide bonds. The zero-order valence-corrected chi connectivity index (χ0v) is 17.7. The Labute approximate surface area is 171 Å². The van der Waals surface area contributed by atoms with E-state index in [1.165, 1.54) is 0 Å². The molecule has 160 valence electrons. The van der Waals surface area contributed by atoms with Gasteiger partial charge in [-0.3, -0.25) is 9.83 Å². The van der Waals surface area contributed by atoms with E-state index in [0.29, 0.717) is 49.2 Å². The van der Waals surface area contributed by atoms with Crippen LogP contribution >= 0.6 is 0 Å². The zero-order chi connectivity index (χ0) is 21.4. The largest absolute Gasteiger partial charge is 0.396 e. The van der Waals surface area contributed by atoms with Gasteiger partial charge in [-0.2, -0.15) is 5.06 Å². The highest BCUT2D eigenvalue weighted by Crippen LogP contribution is 2.19. The number of aromatic nitrogens is 1. The van der Waals surface area contributed by atoms with E-state index in [-0.39, 0.29) is 12.1 Å². The van der Waals surface area contributed by atoms with Crippen LogP contribution in [0.25, 0.3) is 0 Å². The first-order valence-corrected chi connectivity index (χ1v) is 9.42. The summed E-state index contributed by atoms with van der Waals surface area (Å²) >= 11 is 0. The van der Waals surface area contributed by atoms with Gasteiger partial charge in [-0.25, -0.2) is 9.78 Å². The summed E-state index contributed by atoms with van der Waals surface area (Å²) in [7, 11) is 5.10. The molecule has 0 aromatic carbocycles. The normalized spacial score (nSPS) is 18.4. The van der Waals surface area contributed by atoms with E-state index in [9.17, 15) is 4.79 Å². The van der Waals surface area contributed by atoms with Gasteiger partial charge in [0.25, 0.3) is 0 Å². The minimum absolute atomic E-state index is 0.0858. The van der Waals surface area contributed by atoms with E-state index in [2.05, 4.69) is 25.9 Å². The number of nitrogens with zero attached hydrogens (tertiary/aromatic N) is 3. The highest BCUT2D eigenvalue weighted by atomic mass is 16.7. The first-order valence-electron chi connectivity index (χ1n) is 9.42. The summed E-state index contributed by atoms with van der Waals surface area (Å²) in [6.45, 7) is 6.01. The van der Waals surface area contributed by atoms with Crippen LogP contribution in [-0.4, -0.2) is 75.3 Å². The van der Waals surface area contributed by atoms with Crippen LogP contribution in [0.1, 0.15) is 19.4 Å². The van der Waals surface area contributed by atoms with Gasteiger partial charge in [0.1, 0.15) is 5.82 Å². The van der Waals surface area contributed by atoms with Crippen LogP contribution in [-0.2, 0) is 9.57 Å². The molecular weight excluding hydrogens is 374 g/mol. The molecule has 1 aliphatic rings. The van der Waals surface area contributed by atoms with E-state index >= 15 is 0 Å². The molecule has 2 rings (SSSR count). The molecule has 0 bridgehead atoms. The number of ether oxygens (including phenoxy) is 1. The molecule has 1 aromatic rings. The smallest absolute Gasteiger partial charge is 0.319 e. The monoisotopic (exact) mass is 405 g/mol. The van der Waals surface area contributed by atoms with Crippen molar-refractivity contribution in [3.8, 4) is 0 Å². The Bertz CT molecular complexity index is 779. The first kappa shape index (κ1) is 22.6. The van der Waals surface area contributed by atoms with Gasteiger partial charge in [-0.15, -0.1) is 0 Å². The Balaban J connectivity index is 2.00. The quantitative estimate of drug-likeness (QED) is 0.475. The Morgan fingerprint density at radius 2 is 2.24 bits per heavy atom. The van der Waals surface area contributed by atoms with Crippen molar-refractivity contribution in [2.45, 2.75) is 19.9 Å². The average molecular weight is 406 g/mol. The summed E-state index contributed by atoms with van der Waals surface area (Å²) in [5.74, 6) is 0.610. The van der Waals surface area contributed by atoms with Gasteiger partial charge in [0, 0.05) is 51.8 Å². The lowest BCUT2D eigenvalue weighted by Gasteiger charge is -2.16. The average Bonchev–Trinajstić information content (AvgIpc) is 3.13. The second-order valence-corrected chi connectivity index (χ2v) is 6.71. The van der Waals surface area contributed by atoms with E-state index in [0.717, 1.165) is 11.1 Å². The number of allylic oxidation sites excluding steroid dienone is 2. The maximum absolute atomic E-state index is 12.4. The molecule has 1 saturated heterocycles. The molecule has 0 aliphatic carbocycles. The van der Waals surface area contributed by atoms with Gasteiger partial charge in [-0.1, -0.05) is 0 Å². The highest BCUT2D eigenvalue weighted by molar-refractivity contribution is 6.13. The number of nitrogens with one attached hydrogen (secondary N) is 3. The predicted octanol–water partition coefficient (Wildman–Crippen LogP) is 0.980. The van der Waals surface area contributed by atoms with Gasteiger partial charge in [-0.05, 0) is 25.5 Å². The zero-order valence-electron chi connectivity index (χ0n) is 17.7. The number of amides is 2. The SMILES string of the molecule is CN=C(/C(C)=C(\C)NC(=O)N[C@H]1CON(CCOC)C1)c1cnc(NC)c(N)c1. The van der Waals surface area contributed by atoms with Gasteiger partial charge >= 0.3 is 6.03 Å². The molecule has 1 aliphatic heterocycles. The Hall–Kier alpha value is -2.69. The fraction of sp³-hybridized carbons (Fsp3) is 0.526. The lowest BCUT2D eigenvalue weighted by Crippen LogP contribution is -2.44. The molecule has 0 radical (unpaired) electrons. The number of carbonyl (C=O) groups excluding carboxylic acids is 1. The Morgan fingerprint density at radius 3 is 2.86 bits per heavy atom. The summed E-state index contributed by atoms with van der Waals surface area (Å²) in [5, 5.41) is 10.5. The fourth-order valence-electron chi connectivity index (χ4n) is 2.98. The van der Waals surface area contributed by atoms with Gasteiger partial charge in [0.05, 0.1) is 30.7 Å². The summed E-state index contributed by atoms with van der Waals surface area (Å²) in [5.41, 5.74) is 9.54. The number of hydrogen-bond donors (Lipinski definition) is 4. The Kier molecular flexibility index (Phi) is 8.37. The number of aliphatic imine (C=N–C) groups is 1. The lowest BCUT2D eigenvalue weighted by molar-refractivity contribution is -0.118. The number of methoxy groups -OCH3 is 1. The van der Waals surface area contributed by atoms with Crippen LogP contribution < -0.4 is 21.7 Å². The number of carbonyl (C=O) groups is 1. The van der Waals surface area contributed by atoms with Crippen LogP contribution in [0.4, 0.5) is 16.3 Å². The van der Waals surface area contributed by atoms with Crippen LogP contribution in [0.5, 0.6) is 0 Å². The third-order valence-corrected chi connectivity index (χ3v) is 4.63. The molecule has 2 heterocycles. The van der Waals surface area contributed by atoms with Gasteiger partial charge in [0.2, 0.25) is 0 Å². The topological polar surface area (TPSA) is 126 Å². The standard InChI is InChI=1S/C19H31N7O3/c1-12(17(21-3)14-8-16(20)18(22-4)23-9-14)13(2)24-19(27)25-15-10-26(29-11-15)6-7-28-5/h8-9,15H,6-7,10-11,20H2,1-5H3,(H,22,23)(H2,24,25,27)/b13-12+,21-17?/t15-/m1/s1. The number of hydrogen-bond acceptors (Lipinski definition) is 8. The van der Waals surface area contributed by atoms with Crippen molar-refractivity contribution in [3.63, 3.8) is 0 Å².